The Bertz CT molecular complexity index is 850. The van der Waals surface area contributed by atoms with Crippen molar-refractivity contribution in [1.82, 2.24) is 5.27 Å². The van der Waals surface area contributed by atoms with Gasteiger partial charge in [0.25, 0.3) is 5.69 Å². The molecule has 3 rings (SSSR count). The number of aromatic nitrogens is 2. The van der Waals surface area contributed by atoms with Crippen molar-refractivity contribution in [3.8, 4) is 5.69 Å². The van der Waals surface area contributed by atoms with E-state index in [9.17, 15) is 14.9 Å². The van der Waals surface area contributed by atoms with Crippen LogP contribution in [0, 0.1) is 10.1 Å². The van der Waals surface area contributed by atoms with Gasteiger partial charge >= 0.3 is 11.3 Å². The lowest BCUT2D eigenvalue weighted by atomic mass is 10.1. The summed E-state index contributed by atoms with van der Waals surface area (Å²) in [5, 5.41) is 13.2. The summed E-state index contributed by atoms with van der Waals surface area (Å²) < 4.78 is 6.42. The van der Waals surface area contributed by atoms with E-state index in [2.05, 4.69) is 5.27 Å². The zero-order valence-corrected chi connectivity index (χ0v) is 11.4. The summed E-state index contributed by atoms with van der Waals surface area (Å²) in [6, 6.07) is 15.3. The second-order valence-corrected chi connectivity index (χ2v) is 4.70. The molecule has 1 heterocycles. The first-order chi connectivity index (χ1) is 10.6. The smallest absolute Gasteiger partial charge is 0.283 e. The molecule has 1 N–H and O–H groups in total. The lowest BCUT2D eigenvalue weighted by Gasteiger charge is -1.97. The van der Waals surface area contributed by atoms with Crippen molar-refractivity contribution in [2.75, 3.05) is 0 Å². The van der Waals surface area contributed by atoms with Gasteiger partial charge in [-0.3, -0.25) is 14.6 Å². The number of rotatable bonds is 4. The Labute approximate surface area is 124 Å². The van der Waals surface area contributed by atoms with E-state index in [1.165, 1.54) is 12.1 Å². The Morgan fingerprint density at radius 2 is 1.77 bits per heavy atom. The van der Waals surface area contributed by atoms with Crippen molar-refractivity contribution in [3.63, 3.8) is 0 Å². The molecule has 0 saturated carbocycles. The molecule has 0 radical (unpaired) electrons. The number of nitrogens with zero attached hydrogens (tertiary/aromatic N) is 2. The molecule has 7 heteroatoms. The van der Waals surface area contributed by atoms with Gasteiger partial charge in [-0.05, 0) is 15.5 Å². The Morgan fingerprint density at radius 3 is 2.41 bits per heavy atom. The van der Waals surface area contributed by atoms with Crippen LogP contribution in [0.25, 0.3) is 5.69 Å². The van der Waals surface area contributed by atoms with E-state index >= 15 is 0 Å². The third kappa shape index (κ3) is 2.64. The molecule has 0 saturated heterocycles. The lowest BCUT2D eigenvalue weighted by Crippen LogP contribution is -2.38. The van der Waals surface area contributed by atoms with Crippen LogP contribution in [0.15, 0.2) is 63.9 Å². The number of H-pyrrole nitrogens is 1. The van der Waals surface area contributed by atoms with E-state index in [0.29, 0.717) is 12.1 Å². The zero-order chi connectivity index (χ0) is 15.5. The molecule has 3 aromatic rings. The number of hydrogen-bond acceptors (Lipinski definition) is 4. The van der Waals surface area contributed by atoms with Crippen LogP contribution in [0.4, 0.5) is 5.69 Å². The van der Waals surface area contributed by atoms with Crippen LogP contribution in [0.5, 0.6) is 0 Å². The average molecular weight is 298 g/mol. The number of benzene rings is 2. The fraction of sp³-hybridized carbons (Fsp3) is 0.0667. The van der Waals surface area contributed by atoms with Gasteiger partial charge in [0, 0.05) is 24.3 Å². The van der Waals surface area contributed by atoms with Gasteiger partial charge in [0.2, 0.25) is 5.69 Å². The first kappa shape index (κ1) is 13.7. The summed E-state index contributed by atoms with van der Waals surface area (Å²) >= 11 is 0. The molecule has 1 aromatic heterocycles. The van der Waals surface area contributed by atoms with E-state index in [0.717, 1.165) is 11.3 Å². The maximum atomic E-state index is 11.9. The lowest BCUT2D eigenvalue weighted by molar-refractivity contribution is -0.677. The maximum absolute atomic E-state index is 11.9. The second kappa shape index (κ2) is 5.65. The van der Waals surface area contributed by atoms with Crippen molar-refractivity contribution in [1.29, 1.82) is 0 Å². The van der Waals surface area contributed by atoms with Crippen molar-refractivity contribution in [3.05, 3.63) is 86.4 Å². The third-order valence-corrected chi connectivity index (χ3v) is 3.27. The maximum Gasteiger partial charge on any atom is 0.430 e. The van der Waals surface area contributed by atoms with E-state index in [-0.39, 0.29) is 5.69 Å². The average Bonchev–Trinajstić information content (AvgIpc) is 2.90. The molecule has 22 heavy (non-hydrogen) atoms. The van der Waals surface area contributed by atoms with Crippen molar-refractivity contribution in [2.24, 2.45) is 0 Å². The molecule has 2 aromatic carbocycles. The highest BCUT2D eigenvalue weighted by Gasteiger charge is 2.23. The SMILES string of the molecule is O=c1o[nH][n+](-c2ccccc2)c1Cc1ccc([N+](=O)[O-])cc1. The van der Waals surface area contributed by atoms with Gasteiger partial charge in [0.15, 0.2) is 0 Å². The quantitative estimate of drug-likeness (QED) is 0.451. The minimum atomic E-state index is -0.470. The van der Waals surface area contributed by atoms with Gasteiger partial charge in [0.05, 0.1) is 11.3 Å². The zero-order valence-electron chi connectivity index (χ0n) is 11.4. The number of para-hydroxylation sites is 1. The Morgan fingerprint density at radius 1 is 1.09 bits per heavy atom. The van der Waals surface area contributed by atoms with Gasteiger partial charge in [-0.1, -0.05) is 30.3 Å². The van der Waals surface area contributed by atoms with Crippen LogP contribution in [0.3, 0.4) is 0 Å². The molecule has 0 amide bonds. The topological polar surface area (TPSA) is 93.0 Å². The summed E-state index contributed by atoms with van der Waals surface area (Å²) in [4.78, 5) is 22.1. The molecule has 0 aliphatic carbocycles. The Kier molecular flexibility index (Phi) is 3.53. The molecular weight excluding hydrogens is 286 g/mol. The number of nitro benzene ring substituents is 1. The van der Waals surface area contributed by atoms with Crippen molar-refractivity contribution < 1.29 is 14.1 Å². The first-order valence-corrected chi connectivity index (χ1v) is 6.56. The summed E-state index contributed by atoms with van der Waals surface area (Å²) in [6.07, 6.45) is 0.304. The molecule has 0 fully saturated rings. The minimum absolute atomic E-state index is 0.0146. The molecule has 0 aliphatic rings. The van der Waals surface area contributed by atoms with E-state index in [4.69, 9.17) is 4.52 Å². The van der Waals surface area contributed by atoms with E-state index in [1.54, 1.807) is 16.8 Å². The van der Waals surface area contributed by atoms with Crippen LogP contribution in [-0.4, -0.2) is 10.2 Å². The Balaban J connectivity index is 1.94. The van der Waals surface area contributed by atoms with Gasteiger partial charge in [-0.15, -0.1) is 0 Å². The van der Waals surface area contributed by atoms with Crippen LogP contribution < -0.4 is 10.3 Å². The van der Waals surface area contributed by atoms with Crippen LogP contribution in [0.2, 0.25) is 0 Å². The molecule has 0 unspecified atom stereocenters. The summed E-state index contributed by atoms with van der Waals surface area (Å²) in [7, 11) is 0. The molecule has 0 aliphatic heterocycles. The number of nitro groups is 1. The van der Waals surface area contributed by atoms with Gasteiger partial charge in [0.1, 0.15) is 0 Å². The standard InChI is InChI=1S/C15H11N3O4/c19-15-14(10-11-6-8-13(9-7-11)18(20)21)17(16-22-15)12-4-2-1-3-5-12/h1-9H,10H2/p+1. The molecule has 0 atom stereocenters. The molecule has 0 bridgehead atoms. The number of hydrogen-bond donors (Lipinski definition) is 1. The predicted octanol–water partition coefficient (Wildman–Crippen LogP) is 1.74. The highest BCUT2D eigenvalue weighted by Crippen LogP contribution is 2.13. The second-order valence-electron chi connectivity index (χ2n) is 4.70. The van der Waals surface area contributed by atoms with Gasteiger partial charge < -0.3 is 0 Å². The molecular formula is C15H12N3O4+. The fourth-order valence-corrected chi connectivity index (χ4v) is 2.16. The molecule has 7 nitrogen and oxygen atoms in total. The summed E-state index contributed by atoms with van der Waals surface area (Å²) in [6.45, 7) is 0. The third-order valence-electron chi connectivity index (χ3n) is 3.27. The number of non-ortho nitro benzene ring substituents is 1. The van der Waals surface area contributed by atoms with E-state index in [1.807, 2.05) is 30.3 Å². The normalized spacial score (nSPS) is 10.5. The predicted molar refractivity (Wildman–Crippen MR) is 76.8 cm³/mol. The van der Waals surface area contributed by atoms with Crippen LogP contribution in [0.1, 0.15) is 11.3 Å². The van der Waals surface area contributed by atoms with Crippen molar-refractivity contribution >= 4 is 5.69 Å². The van der Waals surface area contributed by atoms with Gasteiger partial charge in [-0.25, -0.2) is 4.79 Å². The van der Waals surface area contributed by atoms with Crippen molar-refractivity contribution in [2.45, 2.75) is 6.42 Å². The monoisotopic (exact) mass is 298 g/mol. The highest BCUT2D eigenvalue weighted by atomic mass is 16.6. The summed E-state index contributed by atoms with van der Waals surface area (Å²) in [5.41, 5.74) is 1.51. The van der Waals surface area contributed by atoms with Gasteiger partial charge in [-0.2, -0.15) is 0 Å². The van der Waals surface area contributed by atoms with Crippen LogP contribution >= 0.6 is 0 Å². The molecule has 0 spiro atoms. The fourth-order valence-electron chi connectivity index (χ4n) is 2.16. The number of aromatic amines is 1. The first-order valence-electron chi connectivity index (χ1n) is 6.56. The largest absolute Gasteiger partial charge is 0.430 e. The van der Waals surface area contributed by atoms with Crippen LogP contribution in [-0.2, 0) is 6.42 Å². The minimum Gasteiger partial charge on any atom is -0.283 e. The highest BCUT2D eigenvalue weighted by molar-refractivity contribution is 5.34. The summed E-state index contributed by atoms with van der Waals surface area (Å²) in [5.74, 6) is 0. The number of nitrogens with one attached hydrogen (secondary N) is 1. The molecule has 110 valence electrons. The van der Waals surface area contributed by atoms with E-state index < -0.39 is 10.5 Å². The Hall–Kier alpha value is -3.22.